The minimum absolute atomic E-state index is 0.504. The first-order valence-electron chi connectivity index (χ1n) is 3.96. The van der Waals surface area contributed by atoms with E-state index in [1.807, 2.05) is 18.4 Å². The minimum Gasteiger partial charge on any atom is -0.477 e. The number of thiophene rings is 2. The first kappa shape index (κ1) is 8.72. The van der Waals surface area contributed by atoms with Crippen LogP contribution in [-0.2, 0) is 6.42 Å². The van der Waals surface area contributed by atoms with Gasteiger partial charge in [0.2, 0.25) is 0 Å². The van der Waals surface area contributed by atoms with E-state index in [1.165, 1.54) is 11.3 Å². The predicted octanol–water partition coefficient (Wildman–Crippen LogP) is 3.22. The number of aromatic carboxylic acids is 1. The van der Waals surface area contributed by atoms with Crippen LogP contribution in [0.4, 0.5) is 0 Å². The molecule has 2 aromatic heterocycles. The molecule has 0 amide bonds. The van der Waals surface area contributed by atoms with Gasteiger partial charge in [0.25, 0.3) is 0 Å². The van der Waals surface area contributed by atoms with Gasteiger partial charge in [-0.3, -0.25) is 0 Å². The van der Waals surface area contributed by atoms with Gasteiger partial charge in [-0.15, -0.1) is 22.7 Å². The Balaban J connectivity index is 2.74. The Bertz CT molecular complexity index is 453. The SMILES string of the molecule is CCc1c(C(=O)O)sc2ccsc12. The molecule has 0 aliphatic heterocycles. The normalized spacial score (nSPS) is 10.8. The van der Waals surface area contributed by atoms with Gasteiger partial charge in [-0.1, -0.05) is 6.92 Å². The topological polar surface area (TPSA) is 37.3 Å². The van der Waals surface area contributed by atoms with E-state index >= 15 is 0 Å². The molecule has 13 heavy (non-hydrogen) atoms. The predicted molar refractivity (Wildman–Crippen MR) is 56.0 cm³/mol. The van der Waals surface area contributed by atoms with Gasteiger partial charge in [0.1, 0.15) is 4.88 Å². The van der Waals surface area contributed by atoms with E-state index in [0.29, 0.717) is 4.88 Å². The maximum atomic E-state index is 10.9. The van der Waals surface area contributed by atoms with Gasteiger partial charge < -0.3 is 5.11 Å². The highest BCUT2D eigenvalue weighted by molar-refractivity contribution is 7.28. The standard InChI is InChI=1S/C9H8O2S2/c1-2-5-7-6(3-4-12-7)13-8(5)9(10)11/h3-4H,2H2,1H3,(H,10,11). The van der Waals surface area contributed by atoms with Gasteiger partial charge >= 0.3 is 5.97 Å². The number of hydrogen-bond donors (Lipinski definition) is 1. The van der Waals surface area contributed by atoms with Crippen LogP contribution >= 0.6 is 22.7 Å². The third-order valence-corrected chi connectivity index (χ3v) is 4.23. The van der Waals surface area contributed by atoms with Gasteiger partial charge in [-0.2, -0.15) is 0 Å². The molecule has 1 N–H and O–H groups in total. The summed E-state index contributed by atoms with van der Waals surface area (Å²) in [6.07, 6.45) is 0.794. The molecular formula is C9H8O2S2. The molecule has 0 fully saturated rings. The molecule has 0 saturated heterocycles. The molecule has 0 spiro atoms. The zero-order valence-electron chi connectivity index (χ0n) is 7.03. The Morgan fingerprint density at radius 1 is 1.62 bits per heavy atom. The van der Waals surface area contributed by atoms with E-state index in [0.717, 1.165) is 21.4 Å². The molecule has 0 bridgehead atoms. The molecule has 2 nitrogen and oxygen atoms in total. The van der Waals surface area contributed by atoms with Crippen molar-refractivity contribution in [2.45, 2.75) is 13.3 Å². The summed E-state index contributed by atoms with van der Waals surface area (Å²) >= 11 is 3.00. The lowest BCUT2D eigenvalue weighted by Crippen LogP contribution is -1.95. The number of carbonyl (C=O) groups is 1. The van der Waals surface area contributed by atoms with Crippen molar-refractivity contribution in [3.05, 3.63) is 21.9 Å². The van der Waals surface area contributed by atoms with E-state index in [4.69, 9.17) is 5.11 Å². The second-order valence-corrected chi connectivity index (χ2v) is 4.65. The lowest BCUT2D eigenvalue weighted by molar-refractivity contribution is 0.0701. The van der Waals surface area contributed by atoms with Crippen molar-refractivity contribution >= 4 is 38.0 Å². The van der Waals surface area contributed by atoms with Crippen LogP contribution in [0.2, 0.25) is 0 Å². The van der Waals surface area contributed by atoms with E-state index < -0.39 is 5.97 Å². The molecule has 0 aliphatic carbocycles. The maximum Gasteiger partial charge on any atom is 0.346 e. The van der Waals surface area contributed by atoms with Gasteiger partial charge in [0, 0.05) is 9.40 Å². The fourth-order valence-corrected chi connectivity index (χ4v) is 3.73. The summed E-state index contributed by atoms with van der Waals surface area (Å²) in [5, 5.41) is 10.9. The molecule has 4 heteroatoms. The minimum atomic E-state index is -0.801. The van der Waals surface area contributed by atoms with Gasteiger partial charge in [0.05, 0.1) is 0 Å². The highest BCUT2D eigenvalue weighted by atomic mass is 32.1. The number of aryl methyl sites for hydroxylation is 1. The fraction of sp³-hybridized carbons (Fsp3) is 0.222. The summed E-state index contributed by atoms with van der Waals surface area (Å²) in [7, 11) is 0. The quantitative estimate of drug-likeness (QED) is 0.829. The molecule has 0 unspecified atom stereocenters. The fourth-order valence-electron chi connectivity index (χ4n) is 1.37. The molecule has 2 aromatic rings. The molecular weight excluding hydrogens is 204 g/mol. The molecule has 0 saturated carbocycles. The number of fused-ring (bicyclic) bond motifs is 1. The molecule has 2 rings (SSSR count). The second-order valence-electron chi connectivity index (χ2n) is 2.68. The number of hydrogen-bond acceptors (Lipinski definition) is 3. The van der Waals surface area contributed by atoms with Gasteiger partial charge in [-0.25, -0.2) is 4.79 Å². The number of carboxylic acid groups (broad SMARTS) is 1. The Labute approximate surface area is 83.4 Å². The van der Waals surface area contributed by atoms with Crippen molar-refractivity contribution in [2.75, 3.05) is 0 Å². The Morgan fingerprint density at radius 3 is 3.00 bits per heavy atom. The summed E-state index contributed by atoms with van der Waals surface area (Å²) < 4.78 is 2.24. The largest absolute Gasteiger partial charge is 0.477 e. The molecule has 68 valence electrons. The molecule has 2 heterocycles. The van der Waals surface area contributed by atoms with Gasteiger partial charge in [-0.05, 0) is 23.4 Å². The summed E-state index contributed by atoms with van der Waals surface area (Å²) in [6.45, 7) is 1.99. The molecule has 0 radical (unpaired) electrons. The van der Waals surface area contributed by atoms with Crippen molar-refractivity contribution in [3.63, 3.8) is 0 Å². The van der Waals surface area contributed by atoms with Crippen molar-refractivity contribution in [1.82, 2.24) is 0 Å². The summed E-state index contributed by atoms with van der Waals surface area (Å²) in [4.78, 5) is 11.4. The lowest BCUT2D eigenvalue weighted by atomic mass is 10.2. The molecule has 0 atom stereocenters. The lowest BCUT2D eigenvalue weighted by Gasteiger charge is -1.93. The zero-order valence-corrected chi connectivity index (χ0v) is 8.67. The molecule has 0 aliphatic rings. The van der Waals surface area contributed by atoms with Crippen molar-refractivity contribution in [2.24, 2.45) is 0 Å². The van der Waals surface area contributed by atoms with Crippen LogP contribution in [0, 0.1) is 0 Å². The van der Waals surface area contributed by atoms with Crippen LogP contribution in [0.15, 0.2) is 11.4 Å². The van der Waals surface area contributed by atoms with Crippen LogP contribution in [-0.4, -0.2) is 11.1 Å². The van der Waals surface area contributed by atoms with Crippen molar-refractivity contribution in [3.8, 4) is 0 Å². The monoisotopic (exact) mass is 212 g/mol. The summed E-state index contributed by atoms with van der Waals surface area (Å²) in [5.41, 5.74) is 0.988. The third kappa shape index (κ3) is 1.26. The number of rotatable bonds is 2. The third-order valence-electron chi connectivity index (χ3n) is 1.94. The van der Waals surface area contributed by atoms with E-state index in [9.17, 15) is 4.79 Å². The van der Waals surface area contributed by atoms with Crippen LogP contribution in [0.25, 0.3) is 9.40 Å². The first-order chi connectivity index (χ1) is 6.24. The van der Waals surface area contributed by atoms with E-state index in [1.54, 1.807) is 11.3 Å². The van der Waals surface area contributed by atoms with Crippen LogP contribution in [0.3, 0.4) is 0 Å². The van der Waals surface area contributed by atoms with Crippen molar-refractivity contribution in [1.29, 1.82) is 0 Å². The Hall–Kier alpha value is -0.870. The smallest absolute Gasteiger partial charge is 0.346 e. The van der Waals surface area contributed by atoms with Crippen LogP contribution in [0.1, 0.15) is 22.2 Å². The summed E-state index contributed by atoms with van der Waals surface area (Å²) in [6, 6.07) is 1.98. The van der Waals surface area contributed by atoms with Crippen molar-refractivity contribution < 1.29 is 9.90 Å². The first-order valence-corrected chi connectivity index (χ1v) is 5.65. The zero-order chi connectivity index (χ0) is 9.42. The highest BCUT2D eigenvalue weighted by Crippen LogP contribution is 2.35. The van der Waals surface area contributed by atoms with E-state index in [-0.39, 0.29) is 0 Å². The highest BCUT2D eigenvalue weighted by Gasteiger charge is 2.16. The van der Waals surface area contributed by atoms with Crippen LogP contribution < -0.4 is 0 Å². The van der Waals surface area contributed by atoms with Gasteiger partial charge in [0.15, 0.2) is 0 Å². The number of carboxylic acids is 1. The average Bonchev–Trinajstić information content (AvgIpc) is 2.60. The average molecular weight is 212 g/mol. The summed E-state index contributed by atoms with van der Waals surface area (Å²) in [5.74, 6) is -0.801. The van der Waals surface area contributed by atoms with Crippen LogP contribution in [0.5, 0.6) is 0 Å². The van der Waals surface area contributed by atoms with E-state index in [2.05, 4.69) is 0 Å². The molecule has 0 aromatic carbocycles. The Kier molecular flexibility index (Phi) is 2.09. The Morgan fingerprint density at radius 2 is 2.38 bits per heavy atom. The maximum absolute atomic E-state index is 10.9. The second kappa shape index (κ2) is 3.12.